The van der Waals surface area contributed by atoms with Crippen LogP contribution in [-0.2, 0) is 43.0 Å². The van der Waals surface area contributed by atoms with E-state index in [1.165, 1.54) is 0 Å². The van der Waals surface area contributed by atoms with E-state index in [1.54, 1.807) is 0 Å². The van der Waals surface area contributed by atoms with E-state index in [0.717, 1.165) is 0 Å². The van der Waals surface area contributed by atoms with Crippen molar-refractivity contribution in [2.45, 2.75) is 6.10 Å². The molecule has 0 aromatic rings. The lowest BCUT2D eigenvalue weighted by molar-refractivity contribution is -0.160. The van der Waals surface area contributed by atoms with Crippen LogP contribution in [0.1, 0.15) is 0 Å². The number of hydrogen-bond donors (Lipinski definition) is 3. The third-order valence-electron chi connectivity index (χ3n) is 2.19. The second-order valence-corrected chi connectivity index (χ2v) is 4.33. The molecule has 0 fully saturated rings. The Kier molecular flexibility index (Phi) is 10.6. The average molecular weight is 386 g/mol. The SMILES string of the molecule is O=C(O)/C=C/C(=O)OCC(COC(=O)/C=C/C(=O)O)OC(=O)/C=C/C(=O)O. The van der Waals surface area contributed by atoms with E-state index in [4.69, 9.17) is 20.1 Å². The molecule has 146 valence electrons. The maximum Gasteiger partial charge on any atom is 0.331 e. The molecule has 3 N–H and O–H groups in total. The monoisotopic (exact) mass is 386 g/mol. The molecule has 0 aliphatic heterocycles. The minimum atomic E-state index is -1.43. The van der Waals surface area contributed by atoms with Gasteiger partial charge < -0.3 is 29.5 Å². The number of carboxylic acid groups (broad SMARTS) is 3. The van der Waals surface area contributed by atoms with Gasteiger partial charge in [-0.25, -0.2) is 28.8 Å². The van der Waals surface area contributed by atoms with Crippen molar-refractivity contribution in [1.29, 1.82) is 0 Å². The molecule has 0 aromatic heterocycles. The molecule has 27 heavy (non-hydrogen) atoms. The number of rotatable bonds is 11. The summed E-state index contributed by atoms with van der Waals surface area (Å²) < 4.78 is 13.9. The number of aliphatic carboxylic acids is 3. The summed E-state index contributed by atoms with van der Waals surface area (Å²) in [5.41, 5.74) is 0. The van der Waals surface area contributed by atoms with Gasteiger partial charge in [0.2, 0.25) is 0 Å². The van der Waals surface area contributed by atoms with Gasteiger partial charge in [-0.2, -0.15) is 0 Å². The lowest BCUT2D eigenvalue weighted by Crippen LogP contribution is -2.30. The van der Waals surface area contributed by atoms with Crippen molar-refractivity contribution < 1.29 is 58.3 Å². The van der Waals surface area contributed by atoms with E-state index in [2.05, 4.69) is 9.47 Å². The Morgan fingerprint density at radius 1 is 0.593 bits per heavy atom. The van der Waals surface area contributed by atoms with E-state index in [-0.39, 0.29) is 0 Å². The Labute approximate surface area is 150 Å². The van der Waals surface area contributed by atoms with Gasteiger partial charge in [0.25, 0.3) is 0 Å². The maximum atomic E-state index is 11.4. The first-order valence-corrected chi connectivity index (χ1v) is 6.87. The summed E-state index contributed by atoms with van der Waals surface area (Å²) in [6.07, 6.45) is 1.79. The molecule has 0 aliphatic carbocycles. The highest BCUT2D eigenvalue weighted by Gasteiger charge is 2.18. The Morgan fingerprint density at radius 3 is 1.26 bits per heavy atom. The highest BCUT2D eigenvalue weighted by atomic mass is 16.6. The van der Waals surface area contributed by atoms with Crippen molar-refractivity contribution in [2.24, 2.45) is 0 Å². The molecule has 0 radical (unpaired) electrons. The van der Waals surface area contributed by atoms with E-state index in [1.807, 2.05) is 0 Å². The van der Waals surface area contributed by atoms with Crippen LogP contribution in [0.3, 0.4) is 0 Å². The standard InChI is InChI=1S/C15H14O12/c16-10(17)1-4-13(22)25-7-9(27-15(24)6-3-12(20)21)8-26-14(23)5-2-11(18)19/h1-6,9H,7-8H2,(H,16,17)(H,18,19)(H,20,21)/b4-1+,5-2+,6-3+. The van der Waals surface area contributed by atoms with Crippen LogP contribution in [0, 0.1) is 0 Å². The molecule has 0 saturated carbocycles. The second-order valence-electron chi connectivity index (χ2n) is 4.33. The average Bonchev–Trinajstić information content (AvgIpc) is 2.58. The van der Waals surface area contributed by atoms with Crippen LogP contribution in [-0.4, -0.2) is 70.5 Å². The molecule has 0 aliphatic rings. The van der Waals surface area contributed by atoms with Gasteiger partial charge in [-0.3, -0.25) is 0 Å². The molecule has 0 rings (SSSR count). The zero-order valence-corrected chi connectivity index (χ0v) is 13.5. The molecule has 0 heterocycles. The lowest BCUT2D eigenvalue weighted by Gasteiger charge is -2.16. The van der Waals surface area contributed by atoms with Crippen LogP contribution in [0.2, 0.25) is 0 Å². The topological polar surface area (TPSA) is 191 Å². The van der Waals surface area contributed by atoms with Crippen LogP contribution < -0.4 is 0 Å². The van der Waals surface area contributed by atoms with Crippen molar-refractivity contribution in [3.63, 3.8) is 0 Å². The summed E-state index contributed by atoms with van der Waals surface area (Å²) in [6.45, 7) is -1.32. The fraction of sp³-hybridized carbons (Fsp3) is 0.200. The molecule has 0 spiro atoms. The van der Waals surface area contributed by atoms with Gasteiger partial charge >= 0.3 is 35.8 Å². The van der Waals surface area contributed by atoms with Gasteiger partial charge in [-0.1, -0.05) is 0 Å². The van der Waals surface area contributed by atoms with Gasteiger partial charge in [0.15, 0.2) is 6.10 Å². The van der Waals surface area contributed by atoms with Gasteiger partial charge in [-0.15, -0.1) is 0 Å². The van der Waals surface area contributed by atoms with Gasteiger partial charge in [0.1, 0.15) is 13.2 Å². The van der Waals surface area contributed by atoms with Crippen molar-refractivity contribution in [1.82, 2.24) is 0 Å². The molecular formula is C15H14O12. The number of hydrogen-bond acceptors (Lipinski definition) is 9. The maximum absolute atomic E-state index is 11.4. The molecular weight excluding hydrogens is 372 g/mol. The van der Waals surface area contributed by atoms with Crippen molar-refractivity contribution in [2.75, 3.05) is 13.2 Å². The van der Waals surface area contributed by atoms with Crippen LogP contribution in [0.4, 0.5) is 0 Å². The molecule has 0 saturated heterocycles. The zero-order valence-electron chi connectivity index (χ0n) is 13.5. The molecule has 0 aromatic carbocycles. The van der Waals surface area contributed by atoms with Crippen molar-refractivity contribution >= 4 is 35.8 Å². The largest absolute Gasteiger partial charge is 0.478 e. The predicted octanol–water partition coefficient (Wildman–Crippen LogP) is -1.09. The van der Waals surface area contributed by atoms with Crippen molar-refractivity contribution in [3.8, 4) is 0 Å². The molecule has 0 unspecified atom stereocenters. The van der Waals surface area contributed by atoms with Gasteiger partial charge in [0, 0.05) is 36.5 Å². The zero-order chi connectivity index (χ0) is 20.8. The van der Waals surface area contributed by atoms with Crippen LogP contribution >= 0.6 is 0 Å². The Bertz CT molecular complexity index is 645. The summed E-state index contributed by atoms with van der Waals surface area (Å²) in [5.74, 6) is -7.61. The molecule has 12 nitrogen and oxygen atoms in total. The minimum Gasteiger partial charge on any atom is -0.478 e. The number of ether oxygens (including phenoxy) is 3. The highest BCUT2D eigenvalue weighted by molar-refractivity contribution is 5.92. The summed E-state index contributed by atoms with van der Waals surface area (Å²) in [5, 5.41) is 25.2. The fourth-order valence-corrected chi connectivity index (χ4v) is 1.18. The van der Waals surface area contributed by atoms with Gasteiger partial charge in [-0.05, 0) is 0 Å². The van der Waals surface area contributed by atoms with Crippen molar-refractivity contribution in [3.05, 3.63) is 36.5 Å². The van der Waals surface area contributed by atoms with E-state index < -0.39 is 55.1 Å². The summed E-state index contributed by atoms with van der Waals surface area (Å²) >= 11 is 0. The van der Waals surface area contributed by atoms with Gasteiger partial charge in [0.05, 0.1) is 0 Å². The Hall–Kier alpha value is -3.96. The van der Waals surface area contributed by atoms with E-state index in [0.29, 0.717) is 36.5 Å². The summed E-state index contributed by atoms with van der Waals surface area (Å²) in [7, 11) is 0. The summed E-state index contributed by atoms with van der Waals surface area (Å²) in [4.78, 5) is 64.9. The molecule has 0 amide bonds. The van der Waals surface area contributed by atoms with E-state index >= 15 is 0 Å². The lowest BCUT2D eigenvalue weighted by atomic mass is 10.4. The predicted molar refractivity (Wildman–Crippen MR) is 82.1 cm³/mol. The second kappa shape index (κ2) is 12.4. The molecule has 0 bridgehead atoms. The summed E-state index contributed by atoms with van der Waals surface area (Å²) in [6, 6.07) is 0. The molecule has 0 atom stereocenters. The van der Waals surface area contributed by atoms with Crippen LogP contribution in [0.25, 0.3) is 0 Å². The number of carbonyl (C=O) groups is 6. The Morgan fingerprint density at radius 2 is 0.926 bits per heavy atom. The first kappa shape index (κ1) is 23.0. The number of carboxylic acids is 3. The minimum absolute atomic E-state index is 0.475. The Balaban J connectivity index is 4.83. The normalized spacial score (nSPS) is 11.0. The number of esters is 3. The van der Waals surface area contributed by atoms with Crippen LogP contribution in [0.15, 0.2) is 36.5 Å². The highest BCUT2D eigenvalue weighted by Crippen LogP contribution is 2.00. The van der Waals surface area contributed by atoms with Crippen LogP contribution in [0.5, 0.6) is 0 Å². The third-order valence-corrected chi connectivity index (χ3v) is 2.19. The third kappa shape index (κ3) is 14.1. The first-order valence-electron chi connectivity index (χ1n) is 6.87. The first-order chi connectivity index (χ1) is 12.6. The number of carbonyl (C=O) groups excluding carboxylic acids is 3. The quantitative estimate of drug-likeness (QED) is 0.221. The fourth-order valence-electron chi connectivity index (χ4n) is 1.18. The molecule has 12 heteroatoms. The van der Waals surface area contributed by atoms with E-state index in [9.17, 15) is 28.8 Å². The smallest absolute Gasteiger partial charge is 0.331 e.